The molecule has 2 aromatic rings. The summed E-state index contributed by atoms with van der Waals surface area (Å²) in [4.78, 5) is 21.2. The lowest BCUT2D eigenvalue weighted by molar-refractivity contribution is -0.136. The number of carbonyl (C=O) groups is 1. The van der Waals surface area contributed by atoms with Gasteiger partial charge in [0.15, 0.2) is 0 Å². The van der Waals surface area contributed by atoms with Crippen LogP contribution in [0.5, 0.6) is 0 Å². The number of para-hydroxylation sites is 1. The number of carboxylic acid groups (broad SMARTS) is 1. The number of hydrogen-bond donors (Lipinski definition) is 1. The summed E-state index contributed by atoms with van der Waals surface area (Å²) in [6.45, 7) is 0. The molecule has 0 aliphatic rings. The number of aliphatic carboxylic acids is 1. The normalized spacial score (nSPS) is 12.6. The largest absolute Gasteiger partial charge is 0.480 e. The van der Waals surface area contributed by atoms with E-state index in [9.17, 15) is 9.59 Å². The van der Waals surface area contributed by atoms with Crippen LogP contribution in [0.25, 0.3) is 11.0 Å². The van der Waals surface area contributed by atoms with E-state index in [-0.39, 0.29) is 0 Å². The van der Waals surface area contributed by atoms with Crippen molar-refractivity contribution in [2.24, 2.45) is 0 Å². The van der Waals surface area contributed by atoms with Crippen LogP contribution in [0.2, 0.25) is 0 Å². The van der Waals surface area contributed by atoms with Gasteiger partial charge in [0.2, 0.25) is 0 Å². The Bertz CT molecular complexity index is 602. The Balaban J connectivity index is 2.77. The predicted molar refractivity (Wildman–Crippen MR) is 61.8 cm³/mol. The summed E-state index contributed by atoms with van der Waals surface area (Å²) >= 11 is 3.03. The molecule has 1 N–H and O–H groups in total. The fraction of sp³-hybridized carbons (Fsp3) is 0.0909. The molecule has 82 valence electrons. The molecule has 16 heavy (non-hydrogen) atoms. The third-order valence-electron chi connectivity index (χ3n) is 2.17. The third-order valence-corrected chi connectivity index (χ3v) is 3.06. The quantitative estimate of drug-likeness (QED) is 0.678. The molecule has 0 amide bonds. The van der Waals surface area contributed by atoms with E-state index in [1.165, 1.54) is 6.07 Å². The van der Waals surface area contributed by atoms with E-state index < -0.39 is 16.4 Å². The van der Waals surface area contributed by atoms with Gasteiger partial charge in [-0.25, -0.2) is 4.79 Å². The summed E-state index contributed by atoms with van der Waals surface area (Å²) in [6.07, 6.45) is 0. The van der Waals surface area contributed by atoms with Crippen molar-refractivity contribution < 1.29 is 14.3 Å². The van der Waals surface area contributed by atoms with Gasteiger partial charge >= 0.3 is 11.6 Å². The number of halogens is 1. The van der Waals surface area contributed by atoms with Gasteiger partial charge in [0.1, 0.15) is 10.4 Å². The van der Waals surface area contributed by atoms with Crippen LogP contribution < -0.4 is 5.63 Å². The topological polar surface area (TPSA) is 67.5 Å². The zero-order chi connectivity index (χ0) is 11.7. The van der Waals surface area contributed by atoms with Gasteiger partial charge in [-0.15, -0.1) is 0 Å². The number of alkyl halides is 1. The molecule has 0 fully saturated rings. The molecule has 0 saturated carbocycles. The van der Waals surface area contributed by atoms with Crippen molar-refractivity contribution >= 4 is 32.9 Å². The monoisotopic (exact) mass is 282 g/mol. The van der Waals surface area contributed by atoms with Crippen LogP contribution in [0, 0.1) is 0 Å². The molecule has 1 aromatic carbocycles. The number of rotatable bonds is 2. The molecule has 0 saturated heterocycles. The molecule has 0 bridgehead atoms. The summed E-state index contributed by atoms with van der Waals surface area (Å²) in [5.41, 5.74) is 0.231. The maximum absolute atomic E-state index is 11.3. The fourth-order valence-corrected chi connectivity index (χ4v) is 1.86. The van der Waals surface area contributed by atoms with Crippen LogP contribution >= 0.6 is 15.9 Å². The van der Waals surface area contributed by atoms with Crippen molar-refractivity contribution in [2.45, 2.75) is 4.83 Å². The zero-order valence-electron chi connectivity index (χ0n) is 8.01. The Morgan fingerprint density at radius 1 is 1.38 bits per heavy atom. The van der Waals surface area contributed by atoms with Crippen molar-refractivity contribution in [2.75, 3.05) is 0 Å². The molecule has 1 heterocycles. The highest BCUT2D eigenvalue weighted by atomic mass is 79.9. The van der Waals surface area contributed by atoms with E-state index in [0.717, 1.165) is 0 Å². The maximum atomic E-state index is 11.3. The molecule has 2 rings (SSSR count). The summed E-state index contributed by atoms with van der Waals surface area (Å²) in [5, 5.41) is 9.52. The predicted octanol–water partition coefficient (Wildman–Crippen LogP) is 2.31. The number of fused-ring (bicyclic) bond motifs is 1. The van der Waals surface area contributed by atoms with Crippen LogP contribution in [-0.4, -0.2) is 11.1 Å². The van der Waals surface area contributed by atoms with E-state index in [1.807, 2.05) is 0 Å². The Morgan fingerprint density at radius 2 is 2.06 bits per heavy atom. The number of carboxylic acids is 1. The van der Waals surface area contributed by atoms with E-state index in [2.05, 4.69) is 15.9 Å². The van der Waals surface area contributed by atoms with Crippen LogP contribution in [0.15, 0.2) is 39.5 Å². The minimum absolute atomic E-state index is 0.385. The highest BCUT2D eigenvalue weighted by Gasteiger charge is 2.19. The lowest BCUT2D eigenvalue weighted by atomic mass is 10.1. The van der Waals surface area contributed by atoms with Crippen LogP contribution in [0.4, 0.5) is 0 Å². The standard InChI is InChI=1S/C11H7BrO4/c12-10(11(14)15)7-5-9(13)16-8-4-2-1-3-6(7)8/h1-5,10H,(H,14,15). The van der Waals surface area contributed by atoms with E-state index >= 15 is 0 Å². The van der Waals surface area contributed by atoms with Gasteiger partial charge in [0.25, 0.3) is 0 Å². The third kappa shape index (κ3) is 1.86. The SMILES string of the molecule is O=C(O)C(Br)c1cc(=O)oc2ccccc12. The first-order valence-electron chi connectivity index (χ1n) is 4.49. The van der Waals surface area contributed by atoms with E-state index in [1.54, 1.807) is 24.3 Å². The Morgan fingerprint density at radius 3 is 2.75 bits per heavy atom. The van der Waals surface area contributed by atoms with Crippen LogP contribution in [0.1, 0.15) is 10.4 Å². The lowest BCUT2D eigenvalue weighted by Gasteiger charge is -2.07. The zero-order valence-corrected chi connectivity index (χ0v) is 9.60. The molecule has 0 radical (unpaired) electrons. The first kappa shape index (κ1) is 10.9. The Kier molecular flexibility index (Phi) is 2.78. The summed E-state index contributed by atoms with van der Waals surface area (Å²) in [7, 11) is 0. The van der Waals surface area contributed by atoms with Crippen molar-refractivity contribution in [3.8, 4) is 0 Å². The fourth-order valence-electron chi connectivity index (χ4n) is 1.48. The van der Waals surface area contributed by atoms with Crippen molar-refractivity contribution in [3.05, 3.63) is 46.3 Å². The second-order valence-corrected chi connectivity index (χ2v) is 4.13. The van der Waals surface area contributed by atoms with Gasteiger partial charge in [0, 0.05) is 11.5 Å². The van der Waals surface area contributed by atoms with Crippen LogP contribution in [0.3, 0.4) is 0 Å². The molecule has 4 nitrogen and oxygen atoms in total. The molecule has 5 heteroatoms. The van der Waals surface area contributed by atoms with Crippen LogP contribution in [-0.2, 0) is 4.79 Å². The number of benzene rings is 1. The molecular weight excluding hydrogens is 276 g/mol. The van der Waals surface area contributed by atoms with Gasteiger partial charge in [-0.1, -0.05) is 34.1 Å². The molecule has 1 aromatic heterocycles. The van der Waals surface area contributed by atoms with Gasteiger partial charge in [-0.05, 0) is 11.6 Å². The Hall–Kier alpha value is -1.62. The second-order valence-electron chi connectivity index (χ2n) is 3.22. The maximum Gasteiger partial charge on any atom is 0.336 e. The molecule has 0 aliphatic heterocycles. The summed E-state index contributed by atoms with van der Waals surface area (Å²) in [5.74, 6) is -1.05. The van der Waals surface area contributed by atoms with E-state index in [4.69, 9.17) is 9.52 Å². The molecule has 1 unspecified atom stereocenters. The van der Waals surface area contributed by atoms with Gasteiger partial charge in [0.05, 0.1) is 0 Å². The highest BCUT2D eigenvalue weighted by Crippen LogP contribution is 2.28. The molecule has 1 atom stereocenters. The molecule has 0 spiro atoms. The lowest BCUT2D eigenvalue weighted by Crippen LogP contribution is -2.09. The summed E-state index contributed by atoms with van der Waals surface area (Å²) < 4.78 is 4.96. The van der Waals surface area contributed by atoms with Gasteiger partial charge < -0.3 is 9.52 Å². The number of hydrogen-bond acceptors (Lipinski definition) is 3. The van der Waals surface area contributed by atoms with E-state index in [0.29, 0.717) is 16.5 Å². The minimum Gasteiger partial charge on any atom is -0.480 e. The average molecular weight is 283 g/mol. The highest BCUT2D eigenvalue weighted by molar-refractivity contribution is 9.09. The Labute approximate surface area is 98.6 Å². The van der Waals surface area contributed by atoms with Crippen molar-refractivity contribution in [3.63, 3.8) is 0 Å². The molecular formula is C11H7BrO4. The van der Waals surface area contributed by atoms with Gasteiger partial charge in [-0.2, -0.15) is 0 Å². The average Bonchev–Trinajstić information content (AvgIpc) is 2.26. The van der Waals surface area contributed by atoms with Crippen molar-refractivity contribution in [1.29, 1.82) is 0 Å². The second kappa shape index (κ2) is 4.09. The summed E-state index contributed by atoms with van der Waals surface area (Å²) in [6, 6.07) is 8.01. The first-order valence-corrected chi connectivity index (χ1v) is 5.41. The van der Waals surface area contributed by atoms with Gasteiger partial charge in [-0.3, -0.25) is 4.79 Å². The smallest absolute Gasteiger partial charge is 0.336 e. The first-order chi connectivity index (χ1) is 7.59. The van der Waals surface area contributed by atoms with Crippen molar-refractivity contribution in [1.82, 2.24) is 0 Å². The minimum atomic E-state index is -1.05. The molecule has 0 aliphatic carbocycles.